The third-order valence-corrected chi connectivity index (χ3v) is 7.94. The summed E-state index contributed by atoms with van der Waals surface area (Å²) in [7, 11) is 0. The van der Waals surface area contributed by atoms with E-state index in [0.29, 0.717) is 18.8 Å². The van der Waals surface area contributed by atoms with Crippen molar-refractivity contribution in [2.24, 2.45) is 23.7 Å². The summed E-state index contributed by atoms with van der Waals surface area (Å²) >= 11 is 0. The molecule has 4 unspecified atom stereocenters. The predicted octanol–water partition coefficient (Wildman–Crippen LogP) is 8.36. The van der Waals surface area contributed by atoms with Gasteiger partial charge in [0.2, 0.25) is 0 Å². The van der Waals surface area contributed by atoms with Gasteiger partial charge in [0.05, 0.1) is 0 Å². The maximum Gasteiger partial charge on any atom is 0.132 e. The molecule has 0 aliphatic heterocycles. The maximum absolute atomic E-state index is 13.7. The maximum atomic E-state index is 13.7. The van der Waals surface area contributed by atoms with Gasteiger partial charge in [0.15, 0.2) is 0 Å². The van der Waals surface area contributed by atoms with Crippen LogP contribution in [0.2, 0.25) is 0 Å². The fraction of sp³-hybridized carbons (Fsp3) is 0.920. The number of allylic oxidation sites excluding steroid dienone is 2. The Balaban J connectivity index is 1.31. The molecule has 27 heavy (non-hydrogen) atoms. The number of hydrogen-bond donors (Lipinski definition) is 0. The third-order valence-electron chi connectivity index (χ3n) is 7.94. The van der Waals surface area contributed by atoms with Crippen molar-refractivity contribution < 1.29 is 8.78 Å². The van der Waals surface area contributed by atoms with Gasteiger partial charge in [-0.2, -0.15) is 0 Å². The second-order valence-electron chi connectivity index (χ2n) is 9.92. The highest BCUT2D eigenvalue weighted by molar-refractivity contribution is 5.12. The first-order valence-corrected chi connectivity index (χ1v) is 12.1. The van der Waals surface area contributed by atoms with Gasteiger partial charge in [-0.05, 0) is 68.6 Å². The first-order valence-electron chi connectivity index (χ1n) is 12.1. The van der Waals surface area contributed by atoms with Gasteiger partial charge in [-0.25, -0.2) is 8.78 Å². The molecule has 0 nitrogen and oxygen atoms in total. The Kier molecular flexibility index (Phi) is 8.65. The SMILES string of the molecule is CCCCCC1CCC(CCC2CC=C(C3CCC(F)C(F)C3)CC2)CC1. The van der Waals surface area contributed by atoms with Crippen LogP contribution in [0.25, 0.3) is 0 Å². The molecule has 0 heterocycles. The highest BCUT2D eigenvalue weighted by atomic mass is 19.2. The van der Waals surface area contributed by atoms with Crippen molar-refractivity contribution in [3.05, 3.63) is 11.6 Å². The van der Waals surface area contributed by atoms with E-state index in [1.165, 1.54) is 82.6 Å². The minimum absolute atomic E-state index is 0.330. The highest BCUT2D eigenvalue weighted by Gasteiger charge is 2.33. The van der Waals surface area contributed by atoms with Crippen LogP contribution >= 0.6 is 0 Å². The summed E-state index contributed by atoms with van der Waals surface area (Å²) in [6.07, 6.45) is 19.7. The zero-order valence-electron chi connectivity index (χ0n) is 17.6. The van der Waals surface area contributed by atoms with Crippen LogP contribution in [-0.2, 0) is 0 Å². The average Bonchev–Trinajstić information content (AvgIpc) is 2.70. The van der Waals surface area contributed by atoms with Gasteiger partial charge in [-0.15, -0.1) is 0 Å². The summed E-state index contributed by atoms with van der Waals surface area (Å²) in [5.74, 6) is 3.17. The van der Waals surface area contributed by atoms with Crippen molar-refractivity contribution in [2.75, 3.05) is 0 Å². The Morgan fingerprint density at radius 3 is 2.11 bits per heavy atom. The van der Waals surface area contributed by atoms with Gasteiger partial charge in [0.25, 0.3) is 0 Å². The van der Waals surface area contributed by atoms with Crippen molar-refractivity contribution in [1.29, 1.82) is 0 Å². The Morgan fingerprint density at radius 1 is 0.778 bits per heavy atom. The van der Waals surface area contributed by atoms with Crippen LogP contribution in [0.5, 0.6) is 0 Å². The normalized spacial score (nSPS) is 37.8. The molecule has 0 saturated heterocycles. The minimum atomic E-state index is -1.22. The molecule has 0 spiro atoms. The zero-order valence-corrected chi connectivity index (χ0v) is 17.6. The molecule has 2 saturated carbocycles. The molecular weight excluding hydrogens is 338 g/mol. The van der Waals surface area contributed by atoms with Gasteiger partial charge in [0, 0.05) is 0 Å². The van der Waals surface area contributed by atoms with Crippen LogP contribution in [-0.4, -0.2) is 12.3 Å². The van der Waals surface area contributed by atoms with E-state index >= 15 is 0 Å². The molecule has 0 aromatic carbocycles. The molecule has 3 aliphatic carbocycles. The summed E-state index contributed by atoms with van der Waals surface area (Å²) < 4.78 is 27.1. The second kappa shape index (κ2) is 11.0. The lowest BCUT2D eigenvalue weighted by Gasteiger charge is -2.33. The van der Waals surface area contributed by atoms with Gasteiger partial charge < -0.3 is 0 Å². The van der Waals surface area contributed by atoms with Crippen LogP contribution in [0.3, 0.4) is 0 Å². The van der Waals surface area contributed by atoms with E-state index in [4.69, 9.17) is 0 Å². The van der Waals surface area contributed by atoms with Crippen molar-refractivity contribution >= 4 is 0 Å². The topological polar surface area (TPSA) is 0 Å². The molecule has 0 bridgehead atoms. The van der Waals surface area contributed by atoms with Crippen molar-refractivity contribution in [3.8, 4) is 0 Å². The van der Waals surface area contributed by atoms with Crippen molar-refractivity contribution in [2.45, 2.75) is 122 Å². The van der Waals surface area contributed by atoms with Crippen LogP contribution in [0, 0.1) is 23.7 Å². The van der Waals surface area contributed by atoms with E-state index in [0.717, 1.165) is 30.6 Å². The largest absolute Gasteiger partial charge is 0.244 e. The van der Waals surface area contributed by atoms with Gasteiger partial charge in [-0.3, -0.25) is 0 Å². The zero-order chi connectivity index (χ0) is 19.1. The summed E-state index contributed by atoms with van der Waals surface area (Å²) in [4.78, 5) is 0. The number of hydrogen-bond acceptors (Lipinski definition) is 0. The first-order chi connectivity index (χ1) is 13.2. The molecule has 0 radical (unpaired) electrons. The fourth-order valence-corrected chi connectivity index (χ4v) is 5.92. The predicted molar refractivity (Wildman–Crippen MR) is 111 cm³/mol. The lowest BCUT2D eigenvalue weighted by Crippen LogP contribution is -2.29. The van der Waals surface area contributed by atoms with Gasteiger partial charge >= 0.3 is 0 Å². The molecule has 0 aromatic heterocycles. The fourth-order valence-electron chi connectivity index (χ4n) is 5.92. The molecule has 4 atom stereocenters. The van der Waals surface area contributed by atoms with E-state index < -0.39 is 12.3 Å². The van der Waals surface area contributed by atoms with Crippen LogP contribution in [0.1, 0.15) is 110 Å². The summed E-state index contributed by atoms with van der Waals surface area (Å²) in [5, 5.41) is 0. The third kappa shape index (κ3) is 6.57. The lowest BCUT2D eigenvalue weighted by atomic mass is 9.74. The Hall–Kier alpha value is -0.400. The van der Waals surface area contributed by atoms with Crippen molar-refractivity contribution in [1.82, 2.24) is 0 Å². The van der Waals surface area contributed by atoms with Crippen LogP contribution in [0.4, 0.5) is 8.78 Å². The number of halogens is 2. The number of rotatable bonds is 8. The Bertz CT molecular complexity index is 449. The van der Waals surface area contributed by atoms with E-state index in [9.17, 15) is 8.78 Å². The highest BCUT2D eigenvalue weighted by Crippen LogP contribution is 2.40. The summed E-state index contributed by atoms with van der Waals surface area (Å²) in [5.41, 5.74) is 1.45. The monoisotopic (exact) mass is 380 g/mol. The van der Waals surface area contributed by atoms with Gasteiger partial charge in [0.1, 0.15) is 12.3 Å². The van der Waals surface area contributed by atoms with E-state index in [-0.39, 0.29) is 0 Å². The molecular formula is C25H42F2. The van der Waals surface area contributed by atoms with Gasteiger partial charge in [-0.1, -0.05) is 76.4 Å². The number of unbranched alkanes of at least 4 members (excludes halogenated alkanes) is 2. The quantitative estimate of drug-likeness (QED) is 0.293. The molecule has 0 amide bonds. The van der Waals surface area contributed by atoms with Crippen LogP contribution < -0.4 is 0 Å². The standard InChI is InChI=1S/C25H42F2/c1-2-3-4-5-19-6-8-20(9-7-19)10-11-21-12-14-22(15-13-21)23-16-17-24(26)25(27)18-23/h14,19-21,23-25H,2-13,15-18H2,1H3. The Labute approximate surface area is 166 Å². The van der Waals surface area contributed by atoms with Crippen molar-refractivity contribution in [3.63, 3.8) is 0 Å². The van der Waals surface area contributed by atoms with E-state index in [1.807, 2.05) is 0 Å². The smallest absolute Gasteiger partial charge is 0.132 e. The summed E-state index contributed by atoms with van der Waals surface area (Å²) in [6.45, 7) is 2.30. The molecule has 3 aliphatic rings. The lowest BCUT2D eigenvalue weighted by molar-refractivity contribution is 0.0972. The summed E-state index contributed by atoms with van der Waals surface area (Å²) in [6, 6.07) is 0. The molecule has 2 fully saturated rings. The van der Waals surface area contributed by atoms with E-state index in [1.54, 1.807) is 0 Å². The first kappa shape index (κ1) is 21.3. The van der Waals surface area contributed by atoms with Crippen LogP contribution in [0.15, 0.2) is 11.6 Å². The molecule has 0 N–H and O–H groups in total. The Morgan fingerprint density at radius 2 is 1.48 bits per heavy atom. The molecule has 0 aromatic rings. The number of alkyl halides is 2. The molecule has 3 rings (SSSR count). The average molecular weight is 381 g/mol. The van der Waals surface area contributed by atoms with E-state index in [2.05, 4.69) is 13.0 Å². The molecule has 156 valence electrons. The minimum Gasteiger partial charge on any atom is -0.244 e. The second-order valence-corrected chi connectivity index (χ2v) is 9.92. The molecule has 2 heteroatoms.